The fourth-order valence-corrected chi connectivity index (χ4v) is 2.05. The minimum Gasteiger partial charge on any atom is -0.313 e. The summed E-state index contributed by atoms with van der Waals surface area (Å²) in [5.74, 6) is 0.804. The molecule has 1 aromatic rings. The zero-order chi connectivity index (χ0) is 9.80. The van der Waals surface area contributed by atoms with Crippen molar-refractivity contribution in [1.82, 2.24) is 5.32 Å². The van der Waals surface area contributed by atoms with Gasteiger partial charge in [-0.15, -0.1) is 0 Å². The van der Waals surface area contributed by atoms with E-state index in [1.54, 1.807) is 0 Å². The monoisotopic (exact) mass is 188 g/mol. The summed E-state index contributed by atoms with van der Waals surface area (Å²) in [6.07, 6.45) is 4.81. The van der Waals surface area contributed by atoms with Gasteiger partial charge in [0.15, 0.2) is 0 Å². The molecule has 1 aromatic carbocycles. The number of nitrogens with one attached hydrogen (secondary N) is 1. The molecule has 1 aliphatic heterocycles. The fourth-order valence-electron chi connectivity index (χ4n) is 2.05. The van der Waals surface area contributed by atoms with Crippen molar-refractivity contribution < 1.29 is 0 Å². The van der Waals surface area contributed by atoms with Gasteiger partial charge in [-0.05, 0) is 37.3 Å². The van der Waals surface area contributed by atoms with E-state index in [2.05, 4.69) is 49.0 Å². The number of hydrogen-bond acceptors (Lipinski definition) is 1. The Labute approximate surface area is 86.5 Å². The van der Waals surface area contributed by atoms with Crippen molar-refractivity contribution in [2.45, 2.75) is 25.8 Å². The van der Waals surface area contributed by atoms with Crippen LogP contribution >= 0.6 is 0 Å². The maximum Gasteiger partial charge on any atom is 0.0128 e. The van der Waals surface area contributed by atoms with Crippen LogP contribution in [0, 0.1) is 12.3 Å². The van der Waals surface area contributed by atoms with Crippen LogP contribution in [0.4, 0.5) is 0 Å². The molecule has 2 atom stereocenters. The molecule has 2 rings (SSSR count). The molecule has 0 aromatic heterocycles. The molecule has 1 fully saturated rings. The number of benzene rings is 1. The third-order valence-corrected chi connectivity index (χ3v) is 3.04. The molecular formula is C13H18N. The van der Waals surface area contributed by atoms with E-state index >= 15 is 0 Å². The van der Waals surface area contributed by atoms with Crippen LogP contribution in [0.3, 0.4) is 0 Å². The van der Waals surface area contributed by atoms with Crippen molar-refractivity contribution in [3.8, 4) is 0 Å². The molecular weight excluding hydrogens is 170 g/mol. The van der Waals surface area contributed by atoms with Crippen LogP contribution in [-0.2, 0) is 6.42 Å². The lowest BCUT2D eigenvalue weighted by Crippen LogP contribution is -2.26. The maximum atomic E-state index is 3.52. The lowest BCUT2D eigenvalue weighted by atomic mass is 9.97. The highest BCUT2D eigenvalue weighted by molar-refractivity contribution is 5.17. The highest BCUT2D eigenvalue weighted by atomic mass is 14.9. The van der Waals surface area contributed by atoms with Gasteiger partial charge in [-0.25, -0.2) is 0 Å². The summed E-state index contributed by atoms with van der Waals surface area (Å²) >= 11 is 0. The average Bonchev–Trinajstić information content (AvgIpc) is 2.63. The molecule has 0 aliphatic carbocycles. The van der Waals surface area contributed by atoms with Crippen LogP contribution in [0.2, 0.25) is 0 Å². The van der Waals surface area contributed by atoms with E-state index in [9.17, 15) is 0 Å². The second-order valence-corrected chi connectivity index (χ2v) is 4.17. The molecule has 0 saturated carbocycles. The van der Waals surface area contributed by atoms with Crippen LogP contribution in [0.5, 0.6) is 0 Å². The molecule has 1 nitrogen and oxygen atoms in total. The Hall–Kier alpha value is -0.820. The summed E-state index contributed by atoms with van der Waals surface area (Å²) in [5.41, 5.74) is 1.41. The lowest BCUT2D eigenvalue weighted by molar-refractivity contribution is 0.526. The van der Waals surface area contributed by atoms with Crippen molar-refractivity contribution in [2.75, 3.05) is 6.54 Å². The normalized spacial score (nSPS) is 26.6. The third kappa shape index (κ3) is 2.36. The van der Waals surface area contributed by atoms with Gasteiger partial charge in [0, 0.05) is 6.04 Å². The van der Waals surface area contributed by atoms with Gasteiger partial charge in [0.25, 0.3) is 0 Å². The summed E-state index contributed by atoms with van der Waals surface area (Å²) in [7, 11) is 0. The summed E-state index contributed by atoms with van der Waals surface area (Å²) in [4.78, 5) is 0. The topological polar surface area (TPSA) is 12.0 Å². The zero-order valence-corrected chi connectivity index (χ0v) is 8.74. The maximum absolute atomic E-state index is 3.52. The molecule has 75 valence electrons. The van der Waals surface area contributed by atoms with Crippen molar-refractivity contribution in [2.24, 2.45) is 5.92 Å². The van der Waals surface area contributed by atoms with Gasteiger partial charge in [0.05, 0.1) is 0 Å². The first-order chi connectivity index (χ1) is 6.86. The Kier molecular flexibility index (Phi) is 3.20. The van der Waals surface area contributed by atoms with E-state index in [1.807, 2.05) is 0 Å². The summed E-state index contributed by atoms with van der Waals surface area (Å²) < 4.78 is 0. The minimum atomic E-state index is 0.621. The van der Waals surface area contributed by atoms with Gasteiger partial charge in [-0.2, -0.15) is 0 Å². The Balaban J connectivity index is 1.82. The molecule has 1 saturated heterocycles. The van der Waals surface area contributed by atoms with Gasteiger partial charge in [0.1, 0.15) is 0 Å². The van der Waals surface area contributed by atoms with Gasteiger partial charge >= 0.3 is 0 Å². The second kappa shape index (κ2) is 4.61. The van der Waals surface area contributed by atoms with Crippen LogP contribution < -0.4 is 5.32 Å². The molecule has 1 heteroatoms. The summed E-state index contributed by atoms with van der Waals surface area (Å²) in [6.45, 7) is 3.50. The van der Waals surface area contributed by atoms with Crippen molar-refractivity contribution in [3.05, 3.63) is 42.3 Å². The Morgan fingerprint density at radius 2 is 2.14 bits per heavy atom. The number of rotatable bonds is 3. The molecule has 1 heterocycles. The van der Waals surface area contributed by atoms with Crippen molar-refractivity contribution in [3.63, 3.8) is 0 Å². The SMILES string of the molecule is CC1CCNC1[CH]Cc1ccccc1. The van der Waals surface area contributed by atoms with E-state index in [0.717, 1.165) is 12.3 Å². The first kappa shape index (κ1) is 9.72. The van der Waals surface area contributed by atoms with Gasteiger partial charge in [-0.1, -0.05) is 37.3 Å². The van der Waals surface area contributed by atoms with Crippen LogP contribution in [0.25, 0.3) is 0 Å². The van der Waals surface area contributed by atoms with Gasteiger partial charge < -0.3 is 5.32 Å². The first-order valence-electron chi connectivity index (χ1n) is 5.47. The van der Waals surface area contributed by atoms with E-state index in [-0.39, 0.29) is 0 Å². The van der Waals surface area contributed by atoms with E-state index < -0.39 is 0 Å². The summed E-state index contributed by atoms with van der Waals surface area (Å²) in [6, 6.07) is 11.3. The predicted molar refractivity (Wildman–Crippen MR) is 60.0 cm³/mol. The summed E-state index contributed by atoms with van der Waals surface area (Å²) in [5, 5.41) is 3.52. The molecule has 0 spiro atoms. The largest absolute Gasteiger partial charge is 0.313 e. The zero-order valence-electron chi connectivity index (χ0n) is 8.74. The Bertz CT molecular complexity index is 268. The third-order valence-electron chi connectivity index (χ3n) is 3.04. The van der Waals surface area contributed by atoms with E-state index in [0.29, 0.717) is 6.04 Å². The fraction of sp³-hybridized carbons (Fsp3) is 0.462. The molecule has 0 amide bonds. The molecule has 14 heavy (non-hydrogen) atoms. The first-order valence-corrected chi connectivity index (χ1v) is 5.47. The Morgan fingerprint density at radius 3 is 2.79 bits per heavy atom. The van der Waals surface area contributed by atoms with Crippen LogP contribution in [-0.4, -0.2) is 12.6 Å². The average molecular weight is 188 g/mol. The molecule has 1 N–H and O–H groups in total. The standard InChI is InChI=1S/C13H18N/c1-11-9-10-14-13(11)8-7-12-5-3-2-4-6-12/h2-6,8,11,13-14H,7,9-10H2,1H3. The molecule has 2 unspecified atom stereocenters. The van der Waals surface area contributed by atoms with Crippen LogP contribution in [0.15, 0.2) is 30.3 Å². The lowest BCUT2D eigenvalue weighted by Gasteiger charge is -2.14. The smallest absolute Gasteiger partial charge is 0.0128 e. The number of hydrogen-bond donors (Lipinski definition) is 1. The highest BCUT2D eigenvalue weighted by Crippen LogP contribution is 2.18. The van der Waals surface area contributed by atoms with E-state index in [4.69, 9.17) is 0 Å². The second-order valence-electron chi connectivity index (χ2n) is 4.17. The van der Waals surface area contributed by atoms with Gasteiger partial charge in [0.2, 0.25) is 0 Å². The minimum absolute atomic E-state index is 0.621. The van der Waals surface area contributed by atoms with Crippen molar-refractivity contribution in [1.29, 1.82) is 0 Å². The van der Waals surface area contributed by atoms with Gasteiger partial charge in [-0.3, -0.25) is 0 Å². The Morgan fingerprint density at radius 1 is 1.36 bits per heavy atom. The van der Waals surface area contributed by atoms with E-state index in [1.165, 1.54) is 18.5 Å². The highest BCUT2D eigenvalue weighted by Gasteiger charge is 2.21. The molecule has 0 bridgehead atoms. The predicted octanol–water partition coefficient (Wildman–Crippen LogP) is 2.43. The van der Waals surface area contributed by atoms with Crippen LogP contribution in [0.1, 0.15) is 18.9 Å². The molecule has 1 radical (unpaired) electrons. The quantitative estimate of drug-likeness (QED) is 0.768. The molecule has 1 aliphatic rings. The van der Waals surface area contributed by atoms with Crippen molar-refractivity contribution >= 4 is 0 Å².